The molecule has 2 aliphatic heterocycles. The summed E-state index contributed by atoms with van der Waals surface area (Å²) in [4.78, 5) is 12.0. The fraction of sp³-hybridized carbons (Fsp3) is 0.278. The maximum atomic E-state index is 13.0. The van der Waals surface area contributed by atoms with Crippen molar-refractivity contribution in [3.63, 3.8) is 0 Å². The summed E-state index contributed by atoms with van der Waals surface area (Å²) in [7, 11) is -6.80. The number of methoxy groups -OCH3 is 1. The van der Waals surface area contributed by atoms with Crippen LogP contribution in [0, 0.1) is 5.92 Å². The van der Waals surface area contributed by atoms with E-state index in [0.717, 1.165) is 6.07 Å². The highest BCUT2D eigenvalue weighted by atomic mass is 32.2. The molecule has 160 valence electrons. The second-order valence-corrected chi connectivity index (χ2v) is 10.3. The van der Waals surface area contributed by atoms with Gasteiger partial charge in [0.25, 0.3) is 10.0 Å². The van der Waals surface area contributed by atoms with Gasteiger partial charge in [-0.15, -0.1) is 0 Å². The predicted molar refractivity (Wildman–Crippen MR) is 107 cm³/mol. The molecular formula is C18H18N2O8S2. The molecule has 10 nitrogen and oxygen atoms in total. The second-order valence-electron chi connectivity index (χ2n) is 6.79. The number of hydrogen-bond donors (Lipinski definition) is 1. The molecule has 1 amide bonds. The normalized spacial score (nSPS) is 19.7. The van der Waals surface area contributed by atoms with E-state index in [2.05, 4.69) is 4.72 Å². The Morgan fingerprint density at radius 3 is 2.53 bits per heavy atom. The van der Waals surface area contributed by atoms with Gasteiger partial charge in [0.15, 0.2) is 11.5 Å². The summed E-state index contributed by atoms with van der Waals surface area (Å²) in [6.07, 6.45) is 0. The topological polar surface area (TPSA) is 128 Å². The van der Waals surface area contributed by atoms with Gasteiger partial charge in [-0.25, -0.2) is 21.1 Å². The zero-order valence-corrected chi connectivity index (χ0v) is 17.6. The van der Waals surface area contributed by atoms with E-state index in [4.69, 9.17) is 14.2 Å². The zero-order valence-electron chi connectivity index (χ0n) is 16.0. The Morgan fingerprint density at radius 1 is 1.13 bits per heavy atom. The van der Waals surface area contributed by atoms with Gasteiger partial charge in [-0.1, -0.05) is 6.92 Å². The van der Waals surface area contributed by atoms with Crippen LogP contribution < -0.4 is 23.2 Å². The maximum Gasteiger partial charge on any atom is 0.265 e. The fourth-order valence-corrected chi connectivity index (χ4v) is 6.31. The molecule has 1 saturated heterocycles. The molecule has 0 unspecified atom stereocenters. The Labute approximate surface area is 173 Å². The van der Waals surface area contributed by atoms with Crippen LogP contribution in [0.25, 0.3) is 0 Å². The molecule has 2 heterocycles. The van der Waals surface area contributed by atoms with Gasteiger partial charge in [0, 0.05) is 6.07 Å². The highest BCUT2D eigenvalue weighted by molar-refractivity contribution is 7.94. The zero-order chi connectivity index (χ0) is 21.7. The lowest BCUT2D eigenvalue weighted by atomic mass is 10.2. The SMILES string of the molecule is COc1ccc(N2C(=O)[C@@H](C)CS2(=O)=O)cc1S(=O)(=O)Nc1ccc2c(c1)OCO2. The van der Waals surface area contributed by atoms with Crippen molar-refractivity contribution in [2.75, 3.05) is 28.7 Å². The molecule has 30 heavy (non-hydrogen) atoms. The predicted octanol–water partition coefficient (Wildman–Crippen LogP) is 1.54. The summed E-state index contributed by atoms with van der Waals surface area (Å²) in [5.41, 5.74) is 0.140. The molecule has 1 fully saturated rings. The number of amides is 1. The molecule has 0 aromatic heterocycles. The van der Waals surface area contributed by atoms with Crippen LogP contribution in [-0.4, -0.2) is 42.4 Å². The van der Waals surface area contributed by atoms with Crippen molar-refractivity contribution in [1.82, 2.24) is 0 Å². The van der Waals surface area contributed by atoms with Gasteiger partial charge in [0.1, 0.15) is 10.6 Å². The molecule has 2 aromatic rings. The molecule has 0 saturated carbocycles. The number of carbonyl (C=O) groups is 1. The Morgan fingerprint density at radius 2 is 1.87 bits per heavy atom. The lowest BCUT2D eigenvalue weighted by Crippen LogP contribution is -2.30. The number of rotatable bonds is 5. The molecule has 2 aromatic carbocycles. The van der Waals surface area contributed by atoms with Crippen LogP contribution in [0.5, 0.6) is 17.2 Å². The number of nitrogens with one attached hydrogen (secondary N) is 1. The van der Waals surface area contributed by atoms with E-state index in [1.807, 2.05) is 0 Å². The van der Waals surface area contributed by atoms with Crippen molar-refractivity contribution < 1.29 is 35.8 Å². The summed E-state index contributed by atoms with van der Waals surface area (Å²) in [6, 6.07) is 8.25. The lowest BCUT2D eigenvalue weighted by Gasteiger charge is -2.18. The minimum absolute atomic E-state index is 0.0101. The molecular weight excluding hydrogens is 436 g/mol. The number of fused-ring (bicyclic) bond motifs is 1. The Kier molecular flexibility index (Phi) is 4.77. The van der Waals surface area contributed by atoms with Crippen LogP contribution in [0.3, 0.4) is 0 Å². The van der Waals surface area contributed by atoms with Gasteiger partial charge >= 0.3 is 0 Å². The quantitative estimate of drug-likeness (QED) is 0.720. The van der Waals surface area contributed by atoms with Crippen LogP contribution in [0.1, 0.15) is 6.92 Å². The summed E-state index contributed by atoms with van der Waals surface area (Å²) in [5, 5.41) is 0. The van der Waals surface area contributed by atoms with Gasteiger partial charge in [-0.2, -0.15) is 0 Å². The number of hydrogen-bond acceptors (Lipinski definition) is 8. The third kappa shape index (κ3) is 3.41. The average Bonchev–Trinajstić information content (AvgIpc) is 3.22. The first-order valence-corrected chi connectivity index (χ1v) is 11.9. The standard InChI is InChI=1S/C18H18N2O8S2/c1-11-9-29(22,23)20(18(11)21)13-4-6-15(26-2)17(8-13)30(24,25)19-12-3-5-14-16(7-12)28-10-27-14/h3-8,11,19H,9-10H2,1-2H3/t11-/m0/s1. The van der Waals surface area contributed by atoms with Gasteiger partial charge in [0.05, 0.1) is 30.2 Å². The highest BCUT2D eigenvalue weighted by Gasteiger charge is 2.42. The van der Waals surface area contributed by atoms with E-state index < -0.39 is 31.9 Å². The summed E-state index contributed by atoms with van der Waals surface area (Å²) in [6.45, 7) is 1.54. The van der Waals surface area contributed by atoms with Gasteiger partial charge in [-0.3, -0.25) is 9.52 Å². The van der Waals surface area contributed by atoms with E-state index in [0.29, 0.717) is 15.8 Å². The largest absolute Gasteiger partial charge is 0.495 e. The van der Waals surface area contributed by atoms with Crippen molar-refractivity contribution >= 4 is 37.3 Å². The number of nitrogens with zero attached hydrogens (tertiary/aromatic N) is 1. The van der Waals surface area contributed by atoms with Crippen molar-refractivity contribution in [2.24, 2.45) is 5.92 Å². The molecule has 0 aliphatic carbocycles. The first-order valence-electron chi connectivity index (χ1n) is 8.80. The fourth-order valence-electron chi connectivity index (χ4n) is 3.26. The number of benzene rings is 2. The van der Waals surface area contributed by atoms with Crippen molar-refractivity contribution in [3.8, 4) is 17.2 Å². The maximum absolute atomic E-state index is 13.0. The molecule has 0 bridgehead atoms. The van der Waals surface area contributed by atoms with E-state index in [9.17, 15) is 21.6 Å². The number of carbonyl (C=O) groups excluding carboxylic acids is 1. The molecule has 0 spiro atoms. The number of ether oxygens (including phenoxy) is 3. The van der Waals surface area contributed by atoms with Crippen LogP contribution in [0.4, 0.5) is 11.4 Å². The number of sulfonamides is 2. The van der Waals surface area contributed by atoms with Crippen LogP contribution in [0.15, 0.2) is 41.3 Å². The van der Waals surface area contributed by atoms with E-state index in [-0.39, 0.29) is 34.6 Å². The molecule has 0 radical (unpaired) electrons. The first-order chi connectivity index (χ1) is 14.1. The molecule has 2 aliphatic rings. The Bertz CT molecular complexity index is 1240. The van der Waals surface area contributed by atoms with E-state index >= 15 is 0 Å². The molecule has 1 atom stereocenters. The highest BCUT2D eigenvalue weighted by Crippen LogP contribution is 2.37. The average molecular weight is 454 g/mol. The Balaban J connectivity index is 1.74. The monoisotopic (exact) mass is 454 g/mol. The summed E-state index contributed by atoms with van der Waals surface area (Å²) < 4.78 is 69.5. The third-order valence-corrected chi connectivity index (χ3v) is 7.93. The second kappa shape index (κ2) is 7.06. The first kappa shape index (κ1) is 20.3. The molecule has 4 rings (SSSR count). The van der Waals surface area contributed by atoms with Crippen LogP contribution in [-0.2, 0) is 24.8 Å². The van der Waals surface area contributed by atoms with Crippen molar-refractivity contribution in [2.45, 2.75) is 11.8 Å². The molecule has 1 N–H and O–H groups in total. The summed E-state index contributed by atoms with van der Waals surface area (Å²) >= 11 is 0. The van der Waals surface area contributed by atoms with Gasteiger partial charge in [0.2, 0.25) is 22.7 Å². The minimum Gasteiger partial charge on any atom is -0.495 e. The minimum atomic E-state index is -4.20. The van der Waals surface area contributed by atoms with Crippen LogP contribution in [0.2, 0.25) is 0 Å². The van der Waals surface area contributed by atoms with Gasteiger partial charge < -0.3 is 14.2 Å². The smallest absolute Gasteiger partial charge is 0.265 e. The lowest BCUT2D eigenvalue weighted by molar-refractivity contribution is -0.119. The van der Waals surface area contributed by atoms with Crippen molar-refractivity contribution in [3.05, 3.63) is 36.4 Å². The van der Waals surface area contributed by atoms with Crippen molar-refractivity contribution in [1.29, 1.82) is 0 Å². The van der Waals surface area contributed by atoms with E-state index in [1.54, 1.807) is 6.07 Å². The third-order valence-electron chi connectivity index (χ3n) is 4.66. The van der Waals surface area contributed by atoms with E-state index in [1.165, 1.54) is 38.3 Å². The summed E-state index contributed by atoms with van der Waals surface area (Å²) in [5.74, 6) is -0.807. The number of anilines is 2. The Hall–Kier alpha value is -2.99. The van der Waals surface area contributed by atoms with Gasteiger partial charge in [-0.05, 0) is 30.3 Å². The molecule has 12 heteroatoms. The van der Waals surface area contributed by atoms with Crippen LogP contribution >= 0.6 is 0 Å².